The van der Waals surface area contributed by atoms with Crippen LogP contribution >= 0.6 is 0 Å². The fraction of sp³-hybridized carbons (Fsp3) is 0.222. The molecule has 0 saturated heterocycles. The Labute approximate surface area is 76.7 Å². The highest BCUT2D eigenvalue weighted by atomic mass is 14.9. The topological polar surface area (TPSA) is 75.6 Å². The molecule has 0 spiro atoms. The normalized spacial score (nSPS) is 9.23. The van der Waals surface area contributed by atoms with Gasteiger partial charge in [0, 0.05) is 0 Å². The van der Waals surface area contributed by atoms with Crippen molar-refractivity contribution >= 4 is 11.4 Å². The van der Waals surface area contributed by atoms with Gasteiger partial charge in [0.1, 0.15) is 17.6 Å². The zero-order valence-electron chi connectivity index (χ0n) is 7.41. The van der Waals surface area contributed by atoms with Crippen LogP contribution in [-0.4, -0.2) is 9.97 Å². The molecule has 1 heterocycles. The molecular formula is C9H10N4. The summed E-state index contributed by atoms with van der Waals surface area (Å²) < 4.78 is 0. The van der Waals surface area contributed by atoms with Crippen molar-refractivity contribution in [1.82, 2.24) is 9.97 Å². The molecule has 0 bridgehead atoms. The zero-order valence-corrected chi connectivity index (χ0v) is 7.41. The van der Waals surface area contributed by atoms with E-state index in [-0.39, 0.29) is 5.69 Å². The van der Waals surface area contributed by atoms with E-state index in [1.807, 2.05) is 13.0 Å². The quantitative estimate of drug-likeness (QED) is 0.734. The molecular weight excluding hydrogens is 164 g/mol. The molecule has 0 atom stereocenters. The zero-order chi connectivity index (χ0) is 9.84. The van der Waals surface area contributed by atoms with E-state index in [0.29, 0.717) is 11.5 Å². The number of anilines is 1. The molecule has 4 nitrogen and oxygen atoms in total. The second-order valence-corrected chi connectivity index (χ2v) is 2.56. The molecule has 0 aliphatic rings. The largest absolute Gasteiger partial charge is 0.382 e. The third kappa shape index (κ3) is 1.82. The monoisotopic (exact) mass is 174 g/mol. The Bertz CT molecular complexity index is 376. The SMILES string of the molecule is C=C(CC)c1nc(N)cnc1C#N. The smallest absolute Gasteiger partial charge is 0.166 e. The predicted molar refractivity (Wildman–Crippen MR) is 50.5 cm³/mol. The first-order valence-electron chi connectivity index (χ1n) is 3.89. The van der Waals surface area contributed by atoms with Gasteiger partial charge >= 0.3 is 0 Å². The van der Waals surface area contributed by atoms with Crippen LogP contribution in [0.1, 0.15) is 24.7 Å². The third-order valence-corrected chi connectivity index (χ3v) is 1.66. The van der Waals surface area contributed by atoms with Crippen LogP contribution in [0.4, 0.5) is 5.82 Å². The van der Waals surface area contributed by atoms with Crippen LogP contribution in [0.3, 0.4) is 0 Å². The lowest BCUT2D eigenvalue weighted by atomic mass is 10.1. The van der Waals surface area contributed by atoms with Gasteiger partial charge in [0.2, 0.25) is 0 Å². The molecule has 1 rings (SSSR count). The summed E-state index contributed by atoms with van der Waals surface area (Å²) in [5, 5.41) is 8.72. The first-order valence-corrected chi connectivity index (χ1v) is 3.89. The van der Waals surface area contributed by atoms with E-state index in [1.54, 1.807) is 0 Å². The van der Waals surface area contributed by atoms with Gasteiger partial charge in [0.15, 0.2) is 5.69 Å². The van der Waals surface area contributed by atoms with Gasteiger partial charge in [-0.3, -0.25) is 0 Å². The summed E-state index contributed by atoms with van der Waals surface area (Å²) in [4.78, 5) is 7.86. The standard InChI is InChI=1S/C9H10N4/c1-3-6(2)9-7(4-10)12-5-8(11)13-9/h5H,2-3H2,1H3,(H2,11,13). The minimum atomic E-state index is 0.279. The van der Waals surface area contributed by atoms with E-state index < -0.39 is 0 Å². The number of hydrogen-bond donors (Lipinski definition) is 1. The Morgan fingerprint density at radius 1 is 1.77 bits per heavy atom. The second-order valence-electron chi connectivity index (χ2n) is 2.56. The van der Waals surface area contributed by atoms with Crippen LogP contribution in [0.5, 0.6) is 0 Å². The average Bonchev–Trinajstić information content (AvgIpc) is 2.16. The van der Waals surface area contributed by atoms with Crippen LogP contribution in [0, 0.1) is 11.3 Å². The minimum absolute atomic E-state index is 0.279. The van der Waals surface area contributed by atoms with E-state index in [4.69, 9.17) is 11.0 Å². The van der Waals surface area contributed by atoms with Crippen molar-refractivity contribution < 1.29 is 0 Å². The fourth-order valence-electron chi connectivity index (χ4n) is 0.899. The van der Waals surface area contributed by atoms with Gasteiger partial charge in [-0.05, 0) is 12.0 Å². The van der Waals surface area contributed by atoms with Gasteiger partial charge in [-0.2, -0.15) is 5.26 Å². The van der Waals surface area contributed by atoms with Crippen molar-refractivity contribution in [2.45, 2.75) is 13.3 Å². The van der Waals surface area contributed by atoms with Crippen molar-refractivity contribution in [3.05, 3.63) is 24.2 Å². The fourth-order valence-corrected chi connectivity index (χ4v) is 0.899. The summed E-state index contributed by atoms with van der Waals surface area (Å²) in [6.45, 7) is 5.72. The lowest BCUT2D eigenvalue weighted by Crippen LogP contribution is -2.00. The Hall–Kier alpha value is -1.89. The van der Waals surface area contributed by atoms with Crippen LogP contribution < -0.4 is 5.73 Å². The Morgan fingerprint density at radius 3 is 3.00 bits per heavy atom. The summed E-state index contributed by atoms with van der Waals surface area (Å²) in [7, 11) is 0. The highest BCUT2D eigenvalue weighted by molar-refractivity contribution is 5.64. The van der Waals surface area contributed by atoms with Crippen molar-refractivity contribution in [1.29, 1.82) is 5.26 Å². The average molecular weight is 174 g/mol. The van der Waals surface area contributed by atoms with Crippen molar-refractivity contribution in [2.24, 2.45) is 0 Å². The maximum Gasteiger partial charge on any atom is 0.166 e. The molecule has 1 aromatic heterocycles. The number of nitrogens with two attached hydrogens (primary N) is 1. The lowest BCUT2D eigenvalue weighted by Gasteiger charge is -2.03. The minimum Gasteiger partial charge on any atom is -0.382 e. The third-order valence-electron chi connectivity index (χ3n) is 1.66. The van der Waals surface area contributed by atoms with E-state index >= 15 is 0 Å². The summed E-state index contributed by atoms with van der Waals surface area (Å²) >= 11 is 0. The van der Waals surface area contributed by atoms with E-state index in [1.165, 1.54) is 6.20 Å². The highest BCUT2D eigenvalue weighted by Crippen LogP contribution is 2.16. The molecule has 2 N–H and O–H groups in total. The molecule has 0 aromatic carbocycles. The molecule has 0 radical (unpaired) electrons. The van der Waals surface area contributed by atoms with Crippen LogP contribution in [-0.2, 0) is 0 Å². The number of nitrogens with zero attached hydrogens (tertiary/aromatic N) is 3. The number of hydrogen-bond acceptors (Lipinski definition) is 4. The summed E-state index contributed by atoms with van der Waals surface area (Å²) in [6.07, 6.45) is 2.10. The van der Waals surface area contributed by atoms with Crippen molar-refractivity contribution in [2.75, 3.05) is 5.73 Å². The summed E-state index contributed by atoms with van der Waals surface area (Å²) in [5.41, 5.74) is 7.01. The molecule has 1 aromatic rings. The molecule has 0 unspecified atom stereocenters. The summed E-state index contributed by atoms with van der Waals surface area (Å²) in [5.74, 6) is 0.309. The van der Waals surface area contributed by atoms with Crippen LogP contribution in [0.2, 0.25) is 0 Å². The van der Waals surface area contributed by atoms with Gasteiger partial charge in [-0.1, -0.05) is 13.5 Å². The molecule has 0 fully saturated rings. The lowest BCUT2D eigenvalue weighted by molar-refractivity contribution is 1.11. The van der Waals surface area contributed by atoms with E-state index in [0.717, 1.165) is 12.0 Å². The van der Waals surface area contributed by atoms with Crippen LogP contribution in [0.15, 0.2) is 12.8 Å². The number of nitriles is 1. The molecule has 4 heteroatoms. The van der Waals surface area contributed by atoms with E-state index in [9.17, 15) is 0 Å². The van der Waals surface area contributed by atoms with Gasteiger partial charge in [0.25, 0.3) is 0 Å². The molecule has 0 aliphatic carbocycles. The first-order chi connectivity index (χ1) is 6.19. The molecule has 13 heavy (non-hydrogen) atoms. The maximum atomic E-state index is 8.72. The first kappa shape index (κ1) is 9.20. The van der Waals surface area contributed by atoms with Crippen molar-refractivity contribution in [3.63, 3.8) is 0 Å². The predicted octanol–water partition coefficient (Wildman–Crippen LogP) is 1.35. The summed E-state index contributed by atoms with van der Waals surface area (Å²) in [6, 6.07) is 1.95. The van der Waals surface area contributed by atoms with Crippen molar-refractivity contribution in [3.8, 4) is 6.07 Å². The van der Waals surface area contributed by atoms with Gasteiger partial charge in [-0.25, -0.2) is 9.97 Å². The Balaban J connectivity index is 3.25. The Morgan fingerprint density at radius 2 is 2.46 bits per heavy atom. The maximum absolute atomic E-state index is 8.72. The Kier molecular flexibility index (Phi) is 2.60. The molecule has 66 valence electrons. The molecule has 0 amide bonds. The van der Waals surface area contributed by atoms with Gasteiger partial charge in [0.05, 0.1) is 6.20 Å². The van der Waals surface area contributed by atoms with Gasteiger partial charge in [-0.15, -0.1) is 0 Å². The molecule has 0 aliphatic heterocycles. The highest BCUT2D eigenvalue weighted by Gasteiger charge is 2.07. The van der Waals surface area contributed by atoms with E-state index in [2.05, 4.69) is 16.5 Å². The second kappa shape index (κ2) is 3.68. The van der Waals surface area contributed by atoms with Crippen LogP contribution in [0.25, 0.3) is 5.57 Å². The number of allylic oxidation sites excluding steroid dienone is 1. The number of aromatic nitrogens is 2. The number of nitrogen functional groups attached to an aromatic ring is 1. The number of rotatable bonds is 2. The van der Waals surface area contributed by atoms with Gasteiger partial charge < -0.3 is 5.73 Å². The molecule has 0 saturated carbocycles.